The van der Waals surface area contributed by atoms with E-state index in [4.69, 9.17) is 15.2 Å². The molecule has 0 saturated carbocycles. The van der Waals surface area contributed by atoms with Gasteiger partial charge in [-0.1, -0.05) is 54.6 Å². The molecule has 0 bridgehead atoms. The van der Waals surface area contributed by atoms with E-state index in [-0.39, 0.29) is 12.5 Å². The maximum absolute atomic E-state index is 11.3. The van der Waals surface area contributed by atoms with Crippen molar-refractivity contribution in [3.8, 4) is 23.2 Å². The van der Waals surface area contributed by atoms with Crippen LogP contribution in [0.25, 0.3) is 11.3 Å². The fourth-order valence-corrected chi connectivity index (χ4v) is 3.96. The predicted octanol–water partition coefficient (Wildman–Crippen LogP) is 3.11. The van der Waals surface area contributed by atoms with Crippen molar-refractivity contribution in [2.24, 2.45) is 5.73 Å². The molecule has 1 fully saturated rings. The van der Waals surface area contributed by atoms with Crippen LogP contribution in [0.15, 0.2) is 60.7 Å². The van der Waals surface area contributed by atoms with Crippen molar-refractivity contribution in [1.82, 2.24) is 4.98 Å². The van der Waals surface area contributed by atoms with Gasteiger partial charge in [0.1, 0.15) is 11.6 Å². The number of carbonyl (C=O) groups is 1. The molecule has 3 aromatic rings. The summed E-state index contributed by atoms with van der Waals surface area (Å²) < 4.78 is 11.1. The van der Waals surface area contributed by atoms with E-state index in [2.05, 4.69) is 34.2 Å². The highest BCUT2D eigenvalue weighted by Crippen LogP contribution is 2.34. The lowest BCUT2D eigenvalue weighted by Crippen LogP contribution is -2.36. The Kier molecular flexibility index (Phi) is 7.18. The van der Waals surface area contributed by atoms with Gasteiger partial charge in [0.2, 0.25) is 5.88 Å². The third-order valence-corrected chi connectivity index (χ3v) is 5.60. The summed E-state index contributed by atoms with van der Waals surface area (Å²) >= 11 is 0. The minimum Gasteiger partial charge on any atom is -0.467 e. The Labute approximate surface area is 193 Å². The zero-order valence-electron chi connectivity index (χ0n) is 18.4. The highest BCUT2D eigenvalue weighted by Gasteiger charge is 2.22. The molecule has 2 N–H and O–H groups in total. The van der Waals surface area contributed by atoms with E-state index in [0.717, 1.165) is 29.7 Å². The number of benzene rings is 2. The number of anilines is 1. The standard InChI is InChI=1S/C26H26N4O3/c27-17-22-24(30-12-14-32-15-13-30)16-23(29-26(22)33-18-25(28)31)21-9-5-4-8-20(21)11-10-19-6-2-1-3-7-19/h1-9,16H,10-15,18H2,(H2,28,31). The Hall–Kier alpha value is -3.89. The second kappa shape index (κ2) is 10.6. The van der Waals surface area contributed by atoms with Crippen LogP contribution < -0.4 is 15.4 Å². The quantitative estimate of drug-likeness (QED) is 0.575. The van der Waals surface area contributed by atoms with Gasteiger partial charge in [-0.15, -0.1) is 0 Å². The molecule has 0 aliphatic carbocycles. The minimum atomic E-state index is -0.623. The molecule has 7 nitrogen and oxygen atoms in total. The van der Waals surface area contributed by atoms with Crippen molar-refractivity contribution in [1.29, 1.82) is 5.26 Å². The lowest BCUT2D eigenvalue weighted by Gasteiger charge is -2.30. The van der Waals surface area contributed by atoms with Gasteiger partial charge in [-0.3, -0.25) is 4.79 Å². The molecule has 7 heteroatoms. The average molecular weight is 443 g/mol. The number of pyridine rings is 1. The third kappa shape index (κ3) is 5.48. The molecule has 0 atom stereocenters. The molecule has 1 saturated heterocycles. The summed E-state index contributed by atoms with van der Waals surface area (Å²) in [5.41, 5.74) is 10.4. The monoisotopic (exact) mass is 442 g/mol. The second-order valence-electron chi connectivity index (χ2n) is 7.82. The molecule has 1 aromatic heterocycles. The van der Waals surface area contributed by atoms with Gasteiger partial charge in [-0.05, 0) is 30.0 Å². The van der Waals surface area contributed by atoms with Crippen LogP contribution in [0.1, 0.15) is 16.7 Å². The van der Waals surface area contributed by atoms with Crippen LogP contribution >= 0.6 is 0 Å². The van der Waals surface area contributed by atoms with Gasteiger partial charge in [-0.2, -0.15) is 5.26 Å². The molecule has 1 aliphatic rings. The second-order valence-corrected chi connectivity index (χ2v) is 7.82. The Morgan fingerprint density at radius 3 is 2.55 bits per heavy atom. The van der Waals surface area contributed by atoms with Crippen LogP contribution in [0.5, 0.6) is 5.88 Å². The predicted molar refractivity (Wildman–Crippen MR) is 126 cm³/mol. The maximum Gasteiger partial charge on any atom is 0.255 e. The van der Waals surface area contributed by atoms with Crippen molar-refractivity contribution in [2.75, 3.05) is 37.8 Å². The Bertz CT molecular complexity index is 1150. The SMILES string of the molecule is N#Cc1c(N2CCOCC2)cc(-c2ccccc2CCc2ccccc2)nc1OCC(N)=O. The summed E-state index contributed by atoms with van der Waals surface area (Å²) in [5.74, 6) is -0.504. The van der Waals surface area contributed by atoms with E-state index in [9.17, 15) is 10.1 Å². The highest BCUT2D eigenvalue weighted by atomic mass is 16.5. The van der Waals surface area contributed by atoms with Crippen molar-refractivity contribution >= 4 is 11.6 Å². The van der Waals surface area contributed by atoms with E-state index in [0.29, 0.717) is 37.6 Å². The number of rotatable bonds is 8. The van der Waals surface area contributed by atoms with E-state index in [1.54, 1.807) is 0 Å². The number of carbonyl (C=O) groups excluding carboxylic acids is 1. The van der Waals surface area contributed by atoms with E-state index < -0.39 is 5.91 Å². The van der Waals surface area contributed by atoms with Gasteiger partial charge in [0.05, 0.1) is 24.6 Å². The normalized spacial score (nSPS) is 13.4. The van der Waals surface area contributed by atoms with Gasteiger partial charge in [0.15, 0.2) is 6.61 Å². The summed E-state index contributed by atoms with van der Waals surface area (Å²) in [6, 6.07) is 22.6. The summed E-state index contributed by atoms with van der Waals surface area (Å²) in [4.78, 5) is 18.1. The lowest BCUT2D eigenvalue weighted by molar-refractivity contribution is -0.120. The Morgan fingerprint density at radius 2 is 1.82 bits per heavy atom. The molecule has 0 radical (unpaired) electrons. The van der Waals surface area contributed by atoms with Crippen LogP contribution in [-0.4, -0.2) is 43.8 Å². The number of hydrogen-bond donors (Lipinski definition) is 1. The van der Waals surface area contributed by atoms with Crippen LogP contribution in [0.3, 0.4) is 0 Å². The third-order valence-electron chi connectivity index (χ3n) is 5.60. The number of amides is 1. The molecule has 1 aliphatic heterocycles. The zero-order chi connectivity index (χ0) is 23.0. The van der Waals surface area contributed by atoms with Crippen LogP contribution in [-0.2, 0) is 22.4 Å². The summed E-state index contributed by atoms with van der Waals surface area (Å²) in [7, 11) is 0. The van der Waals surface area contributed by atoms with Crippen molar-refractivity contribution in [3.05, 3.63) is 77.4 Å². The molecular weight excluding hydrogens is 416 g/mol. The molecule has 0 spiro atoms. The molecule has 4 rings (SSSR count). The maximum atomic E-state index is 11.3. The summed E-state index contributed by atoms with van der Waals surface area (Å²) in [6.45, 7) is 2.12. The van der Waals surface area contributed by atoms with Gasteiger partial charge in [0.25, 0.3) is 5.91 Å². The lowest BCUT2D eigenvalue weighted by atomic mass is 9.97. The van der Waals surface area contributed by atoms with Crippen molar-refractivity contribution < 1.29 is 14.3 Å². The van der Waals surface area contributed by atoms with Crippen LogP contribution in [0, 0.1) is 11.3 Å². The van der Waals surface area contributed by atoms with E-state index >= 15 is 0 Å². The van der Waals surface area contributed by atoms with E-state index in [1.165, 1.54) is 5.56 Å². The highest BCUT2D eigenvalue weighted by molar-refractivity contribution is 5.77. The number of aromatic nitrogens is 1. The van der Waals surface area contributed by atoms with Crippen molar-refractivity contribution in [2.45, 2.75) is 12.8 Å². The topological polar surface area (TPSA) is 101 Å². The minimum absolute atomic E-state index is 0.119. The number of nitriles is 1. The van der Waals surface area contributed by atoms with Gasteiger partial charge >= 0.3 is 0 Å². The average Bonchev–Trinajstić information content (AvgIpc) is 2.87. The molecule has 168 valence electrons. The van der Waals surface area contributed by atoms with Crippen LogP contribution in [0.4, 0.5) is 5.69 Å². The number of morpholine rings is 1. The van der Waals surface area contributed by atoms with E-state index in [1.807, 2.05) is 42.5 Å². The number of nitrogens with two attached hydrogens (primary N) is 1. The first kappa shape index (κ1) is 22.3. The van der Waals surface area contributed by atoms with Gasteiger partial charge in [0, 0.05) is 18.7 Å². The summed E-state index contributed by atoms with van der Waals surface area (Å²) in [6.07, 6.45) is 1.74. The first-order valence-electron chi connectivity index (χ1n) is 11.0. The first-order valence-corrected chi connectivity index (χ1v) is 11.0. The zero-order valence-corrected chi connectivity index (χ0v) is 18.4. The Balaban J connectivity index is 1.74. The molecule has 33 heavy (non-hydrogen) atoms. The number of nitrogens with zero attached hydrogens (tertiary/aromatic N) is 3. The fourth-order valence-electron chi connectivity index (χ4n) is 3.96. The molecule has 1 amide bonds. The largest absolute Gasteiger partial charge is 0.467 e. The number of primary amides is 1. The molecule has 2 aromatic carbocycles. The van der Waals surface area contributed by atoms with Crippen molar-refractivity contribution in [3.63, 3.8) is 0 Å². The molecular formula is C26H26N4O3. The first-order chi connectivity index (χ1) is 16.2. The number of hydrogen-bond acceptors (Lipinski definition) is 6. The number of ether oxygens (including phenoxy) is 2. The summed E-state index contributed by atoms with van der Waals surface area (Å²) in [5, 5.41) is 9.88. The number of aryl methyl sites for hydroxylation is 2. The Morgan fingerprint density at radius 1 is 1.09 bits per heavy atom. The molecule has 2 heterocycles. The van der Waals surface area contributed by atoms with Crippen LogP contribution in [0.2, 0.25) is 0 Å². The van der Waals surface area contributed by atoms with Gasteiger partial charge in [-0.25, -0.2) is 4.98 Å². The smallest absolute Gasteiger partial charge is 0.255 e. The fraction of sp³-hybridized carbons (Fsp3) is 0.269. The van der Waals surface area contributed by atoms with Gasteiger partial charge < -0.3 is 20.1 Å². The molecule has 0 unspecified atom stereocenters.